The maximum atomic E-state index is 14.0. The molecule has 134 valence electrons. The number of methoxy groups -OCH3 is 1. The fourth-order valence-electron chi connectivity index (χ4n) is 2.95. The number of carbonyl (C=O) groups excluding carboxylic acids is 1. The van der Waals surface area contributed by atoms with E-state index < -0.39 is 17.0 Å². The Balaban J connectivity index is 2.11. The van der Waals surface area contributed by atoms with Crippen LogP contribution in [0.4, 0.5) is 9.18 Å². The van der Waals surface area contributed by atoms with Gasteiger partial charge in [0.05, 0.1) is 12.2 Å². The maximum absolute atomic E-state index is 14.0. The second-order valence-electron chi connectivity index (χ2n) is 7.13. The van der Waals surface area contributed by atoms with Crippen LogP contribution in [0.5, 0.6) is 0 Å². The van der Waals surface area contributed by atoms with Crippen molar-refractivity contribution >= 4 is 6.09 Å². The lowest BCUT2D eigenvalue weighted by Crippen LogP contribution is -2.47. The van der Waals surface area contributed by atoms with Crippen molar-refractivity contribution in [3.05, 3.63) is 35.1 Å². The van der Waals surface area contributed by atoms with Crippen LogP contribution < -0.4 is 0 Å². The van der Waals surface area contributed by atoms with Gasteiger partial charge in [-0.15, -0.1) is 0 Å². The van der Waals surface area contributed by atoms with Crippen LogP contribution >= 0.6 is 0 Å². The lowest BCUT2D eigenvalue weighted by molar-refractivity contribution is -0.0652. The third-order valence-electron chi connectivity index (χ3n) is 4.36. The molecule has 0 saturated carbocycles. The third kappa shape index (κ3) is 4.05. The summed E-state index contributed by atoms with van der Waals surface area (Å²) in [5.74, 6) is -0.444. The number of hydrogen-bond acceptors (Lipinski definition) is 4. The van der Waals surface area contributed by atoms with Crippen LogP contribution in [0.25, 0.3) is 0 Å². The quantitative estimate of drug-likeness (QED) is 0.919. The Morgan fingerprint density at radius 3 is 2.42 bits per heavy atom. The van der Waals surface area contributed by atoms with Gasteiger partial charge < -0.3 is 19.5 Å². The number of carbonyl (C=O) groups is 1. The Labute approximate surface area is 142 Å². The molecular weight excluding hydrogens is 313 g/mol. The molecule has 1 N–H and O–H groups in total. The van der Waals surface area contributed by atoms with E-state index in [0.29, 0.717) is 25.9 Å². The van der Waals surface area contributed by atoms with Crippen LogP contribution in [0.15, 0.2) is 18.2 Å². The Kier molecular flexibility index (Phi) is 5.50. The molecule has 2 rings (SSSR count). The highest BCUT2D eigenvalue weighted by molar-refractivity contribution is 5.68. The number of nitrogens with zero attached hydrogens (tertiary/aromatic N) is 1. The van der Waals surface area contributed by atoms with Gasteiger partial charge in [-0.3, -0.25) is 0 Å². The average molecular weight is 339 g/mol. The molecule has 0 unspecified atom stereocenters. The van der Waals surface area contributed by atoms with E-state index in [1.807, 2.05) is 20.8 Å². The molecule has 1 amide bonds. The summed E-state index contributed by atoms with van der Waals surface area (Å²) in [6.07, 6.45) is 0.774. The number of piperidine rings is 1. The van der Waals surface area contributed by atoms with Gasteiger partial charge in [0, 0.05) is 25.8 Å². The number of rotatable bonds is 3. The number of aliphatic hydroxyl groups excluding tert-OH is 1. The van der Waals surface area contributed by atoms with Crippen molar-refractivity contribution in [3.63, 3.8) is 0 Å². The predicted molar refractivity (Wildman–Crippen MR) is 88.1 cm³/mol. The maximum Gasteiger partial charge on any atom is 0.410 e. The molecule has 0 atom stereocenters. The molecule has 1 aliphatic heterocycles. The number of hydrogen-bond donors (Lipinski definition) is 1. The smallest absolute Gasteiger partial charge is 0.410 e. The molecule has 1 aromatic rings. The SMILES string of the molecule is COC1(c2ccc(CO)c(F)c2)CCN(C(=O)OC(C)(C)C)CC1. The van der Waals surface area contributed by atoms with E-state index >= 15 is 0 Å². The van der Waals surface area contributed by atoms with Crippen molar-refractivity contribution in [2.45, 2.75) is 51.4 Å². The summed E-state index contributed by atoms with van der Waals surface area (Å²) in [5, 5.41) is 9.10. The molecule has 0 radical (unpaired) electrons. The van der Waals surface area contributed by atoms with Crippen molar-refractivity contribution in [1.82, 2.24) is 4.90 Å². The minimum Gasteiger partial charge on any atom is -0.444 e. The zero-order valence-corrected chi connectivity index (χ0v) is 14.8. The summed E-state index contributed by atoms with van der Waals surface area (Å²) in [6.45, 7) is 6.12. The number of benzene rings is 1. The minimum absolute atomic E-state index is 0.260. The number of aliphatic hydroxyl groups is 1. The van der Waals surface area contributed by atoms with Crippen LogP contribution in [0.1, 0.15) is 44.7 Å². The summed E-state index contributed by atoms with van der Waals surface area (Å²) < 4.78 is 25.1. The molecule has 6 heteroatoms. The summed E-state index contributed by atoms with van der Waals surface area (Å²) >= 11 is 0. The Morgan fingerprint density at radius 2 is 1.96 bits per heavy atom. The molecule has 1 fully saturated rings. The van der Waals surface area contributed by atoms with Crippen molar-refractivity contribution < 1.29 is 23.8 Å². The van der Waals surface area contributed by atoms with Gasteiger partial charge in [-0.1, -0.05) is 12.1 Å². The second kappa shape index (κ2) is 7.07. The number of ether oxygens (including phenoxy) is 2. The predicted octanol–water partition coefficient (Wildman–Crippen LogP) is 3.19. The van der Waals surface area contributed by atoms with E-state index in [0.717, 1.165) is 5.56 Å². The van der Waals surface area contributed by atoms with E-state index in [4.69, 9.17) is 14.6 Å². The highest BCUT2D eigenvalue weighted by atomic mass is 19.1. The lowest BCUT2D eigenvalue weighted by Gasteiger charge is -2.41. The fourth-order valence-corrected chi connectivity index (χ4v) is 2.95. The summed E-state index contributed by atoms with van der Waals surface area (Å²) in [5.41, 5.74) is -0.177. The highest BCUT2D eigenvalue weighted by Gasteiger charge is 2.39. The first-order chi connectivity index (χ1) is 11.2. The van der Waals surface area contributed by atoms with Gasteiger partial charge in [0.15, 0.2) is 0 Å². The lowest BCUT2D eigenvalue weighted by atomic mass is 9.83. The van der Waals surface area contributed by atoms with Gasteiger partial charge in [-0.25, -0.2) is 9.18 Å². The van der Waals surface area contributed by atoms with Gasteiger partial charge in [-0.05, 0) is 45.2 Å². The Morgan fingerprint density at radius 1 is 1.33 bits per heavy atom. The highest BCUT2D eigenvalue weighted by Crippen LogP contribution is 2.37. The monoisotopic (exact) mass is 339 g/mol. The molecule has 24 heavy (non-hydrogen) atoms. The van der Waals surface area contributed by atoms with E-state index in [2.05, 4.69) is 0 Å². The molecule has 1 aromatic carbocycles. The van der Waals surface area contributed by atoms with E-state index in [1.54, 1.807) is 24.1 Å². The molecular formula is C18H26FNO4. The Hall–Kier alpha value is -1.66. The number of amides is 1. The first kappa shape index (κ1) is 18.7. The standard InChI is InChI=1S/C18H26FNO4/c1-17(2,3)24-16(22)20-9-7-18(23-4,8-10-20)14-6-5-13(12-21)15(19)11-14/h5-6,11,21H,7-10,12H2,1-4H3. The van der Waals surface area contributed by atoms with Gasteiger partial charge in [0.2, 0.25) is 0 Å². The van der Waals surface area contributed by atoms with E-state index in [1.165, 1.54) is 6.07 Å². The molecule has 1 saturated heterocycles. The van der Waals surface area contributed by atoms with E-state index in [-0.39, 0.29) is 18.3 Å². The van der Waals surface area contributed by atoms with Crippen LogP contribution in [0, 0.1) is 5.82 Å². The molecule has 0 bridgehead atoms. The minimum atomic E-state index is -0.632. The zero-order valence-electron chi connectivity index (χ0n) is 14.8. The van der Waals surface area contributed by atoms with Crippen molar-refractivity contribution in [2.24, 2.45) is 0 Å². The normalized spacial score (nSPS) is 17.7. The fraction of sp³-hybridized carbons (Fsp3) is 0.611. The largest absolute Gasteiger partial charge is 0.444 e. The molecule has 5 nitrogen and oxygen atoms in total. The molecule has 0 aliphatic carbocycles. The molecule has 0 spiro atoms. The first-order valence-corrected chi connectivity index (χ1v) is 8.13. The second-order valence-corrected chi connectivity index (χ2v) is 7.13. The number of halogens is 1. The van der Waals surface area contributed by atoms with E-state index in [9.17, 15) is 9.18 Å². The topological polar surface area (TPSA) is 59.0 Å². The van der Waals surface area contributed by atoms with Crippen molar-refractivity contribution in [2.75, 3.05) is 20.2 Å². The zero-order chi connectivity index (χ0) is 18.0. The molecule has 0 aromatic heterocycles. The summed E-state index contributed by atoms with van der Waals surface area (Å²) in [7, 11) is 1.60. The first-order valence-electron chi connectivity index (χ1n) is 8.13. The van der Waals surface area contributed by atoms with Gasteiger partial charge in [-0.2, -0.15) is 0 Å². The van der Waals surface area contributed by atoms with Crippen LogP contribution in [-0.4, -0.2) is 41.9 Å². The summed E-state index contributed by atoms with van der Waals surface area (Å²) in [6, 6.07) is 4.77. The van der Waals surface area contributed by atoms with Gasteiger partial charge >= 0.3 is 6.09 Å². The summed E-state index contributed by atoms with van der Waals surface area (Å²) in [4.78, 5) is 13.8. The van der Waals surface area contributed by atoms with Crippen LogP contribution in [0.3, 0.4) is 0 Å². The Bertz CT molecular complexity index is 589. The average Bonchev–Trinajstić information content (AvgIpc) is 2.53. The van der Waals surface area contributed by atoms with Gasteiger partial charge in [0.1, 0.15) is 11.4 Å². The molecule has 1 aliphatic rings. The van der Waals surface area contributed by atoms with Gasteiger partial charge in [0.25, 0.3) is 0 Å². The van der Waals surface area contributed by atoms with Crippen LogP contribution in [-0.2, 0) is 21.7 Å². The third-order valence-corrected chi connectivity index (χ3v) is 4.36. The molecule has 1 heterocycles. The van der Waals surface area contributed by atoms with Crippen molar-refractivity contribution in [3.8, 4) is 0 Å². The van der Waals surface area contributed by atoms with Crippen molar-refractivity contribution in [1.29, 1.82) is 0 Å². The van der Waals surface area contributed by atoms with Crippen LogP contribution in [0.2, 0.25) is 0 Å². The number of likely N-dealkylation sites (tertiary alicyclic amines) is 1.